The molecule has 2 N–H and O–H groups in total. The fourth-order valence-electron chi connectivity index (χ4n) is 2.29. The highest BCUT2D eigenvalue weighted by Gasteiger charge is 2.04. The van der Waals surface area contributed by atoms with Crippen molar-refractivity contribution < 1.29 is 0 Å². The van der Waals surface area contributed by atoms with Crippen molar-refractivity contribution in [1.82, 2.24) is 9.97 Å². The van der Waals surface area contributed by atoms with Crippen LogP contribution in [0.25, 0.3) is 0 Å². The summed E-state index contributed by atoms with van der Waals surface area (Å²) in [5.74, 6) is 2.04. The zero-order valence-electron chi connectivity index (χ0n) is 13.5. The van der Waals surface area contributed by atoms with Crippen LogP contribution < -0.4 is 10.6 Å². The van der Waals surface area contributed by atoms with Gasteiger partial charge in [-0.15, -0.1) is 0 Å². The summed E-state index contributed by atoms with van der Waals surface area (Å²) >= 11 is 0. The van der Waals surface area contributed by atoms with E-state index < -0.39 is 0 Å². The molecular formula is C19H17N5. The van der Waals surface area contributed by atoms with Crippen LogP contribution in [0.15, 0.2) is 54.6 Å². The molecule has 3 rings (SSSR count). The molecular weight excluding hydrogens is 298 g/mol. The maximum absolute atomic E-state index is 8.99. The first-order valence-corrected chi connectivity index (χ1v) is 7.59. The maximum Gasteiger partial charge on any atom is 0.136 e. The Morgan fingerprint density at radius 1 is 0.833 bits per heavy atom. The molecule has 2 aromatic carbocycles. The van der Waals surface area contributed by atoms with Crippen molar-refractivity contribution in [1.29, 1.82) is 5.26 Å². The maximum atomic E-state index is 8.99. The molecule has 5 nitrogen and oxygen atoms in total. The molecule has 24 heavy (non-hydrogen) atoms. The van der Waals surface area contributed by atoms with E-state index in [2.05, 4.69) is 33.6 Å². The number of benzene rings is 2. The Hall–Kier alpha value is -3.39. The van der Waals surface area contributed by atoms with Gasteiger partial charge in [0, 0.05) is 17.4 Å². The van der Waals surface area contributed by atoms with Crippen LogP contribution in [-0.4, -0.2) is 9.97 Å². The van der Waals surface area contributed by atoms with Crippen LogP contribution in [0.1, 0.15) is 17.0 Å². The minimum absolute atomic E-state index is 0.601. The number of hydrogen-bond acceptors (Lipinski definition) is 5. The highest BCUT2D eigenvalue weighted by atomic mass is 15.1. The second-order valence-electron chi connectivity index (χ2n) is 5.49. The van der Waals surface area contributed by atoms with Crippen molar-refractivity contribution in [2.75, 3.05) is 10.6 Å². The summed E-state index contributed by atoms with van der Waals surface area (Å²) in [6.07, 6.45) is 0. The van der Waals surface area contributed by atoms with Gasteiger partial charge in [0.1, 0.15) is 17.5 Å². The minimum atomic E-state index is 0.601. The van der Waals surface area contributed by atoms with Gasteiger partial charge < -0.3 is 10.6 Å². The van der Waals surface area contributed by atoms with Crippen LogP contribution in [0.4, 0.5) is 23.0 Å². The van der Waals surface area contributed by atoms with Crippen LogP contribution >= 0.6 is 0 Å². The predicted molar refractivity (Wildman–Crippen MR) is 95.7 cm³/mol. The Kier molecular flexibility index (Phi) is 4.39. The molecule has 0 unspecified atom stereocenters. The van der Waals surface area contributed by atoms with Crippen molar-refractivity contribution in [3.05, 3.63) is 71.5 Å². The molecule has 0 bridgehead atoms. The summed E-state index contributed by atoms with van der Waals surface area (Å²) in [5.41, 5.74) is 3.59. The molecule has 0 aliphatic rings. The first-order chi connectivity index (χ1) is 11.6. The molecule has 1 heterocycles. The van der Waals surface area contributed by atoms with Gasteiger partial charge in [-0.25, -0.2) is 9.97 Å². The van der Waals surface area contributed by atoms with Crippen molar-refractivity contribution in [3.8, 4) is 6.07 Å². The fourth-order valence-corrected chi connectivity index (χ4v) is 2.29. The number of aromatic nitrogens is 2. The van der Waals surface area contributed by atoms with E-state index in [1.54, 1.807) is 12.1 Å². The SMILES string of the molecule is Cc1ccc(Nc2cc(Nc3cccc(C#N)c3)nc(C)n2)cc1. The molecule has 0 saturated heterocycles. The molecule has 0 spiro atoms. The summed E-state index contributed by atoms with van der Waals surface area (Å²) in [4.78, 5) is 8.81. The third kappa shape index (κ3) is 3.87. The van der Waals surface area contributed by atoms with E-state index in [9.17, 15) is 0 Å². The summed E-state index contributed by atoms with van der Waals surface area (Å²) in [6, 6.07) is 19.4. The topological polar surface area (TPSA) is 73.6 Å². The van der Waals surface area contributed by atoms with E-state index in [0.717, 1.165) is 11.4 Å². The van der Waals surface area contributed by atoms with Gasteiger partial charge in [0.25, 0.3) is 0 Å². The van der Waals surface area contributed by atoms with Crippen molar-refractivity contribution in [2.45, 2.75) is 13.8 Å². The van der Waals surface area contributed by atoms with Gasteiger partial charge >= 0.3 is 0 Å². The van der Waals surface area contributed by atoms with Crippen LogP contribution in [0.2, 0.25) is 0 Å². The molecule has 0 amide bonds. The Labute approximate surface area is 141 Å². The normalized spacial score (nSPS) is 10.0. The molecule has 0 saturated carbocycles. The summed E-state index contributed by atoms with van der Waals surface area (Å²) in [6.45, 7) is 3.90. The van der Waals surface area contributed by atoms with Crippen LogP contribution in [0.5, 0.6) is 0 Å². The van der Waals surface area contributed by atoms with E-state index in [-0.39, 0.29) is 0 Å². The minimum Gasteiger partial charge on any atom is -0.340 e. The van der Waals surface area contributed by atoms with Gasteiger partial charge in [-0.1, -0.05) is 23.8 Å². The quantitative estimate of drug-likeness (QED) is 0.744. The number of hydrogen-bond donors (Lipinski definition) is 2. The number of nitrogens with one attached hydrogen (secondary N) is 2. The molecule has 5 heteroatoms. The average molecular weight is 315 g/mol. The molecule has 0 aliphatic carbocycles. The fraction of sp³-hybridized carbons (Fsp3) is 0.105. The molecule has 118 valence electrons. The zero-order valence-corrected chi connectivity index (χ0v) is 13.5. The van der Waals surface area contributed by atoms with E-state index in [1.165, 1.54) is 5.56 Å². The molecule has 0 aliphatic heterocycles. The standard InChI is InChI=1S/C19H17N5/c1-13-6-8-16(9-7-13)23-18-11-19(22-14(2)21-18)24-17-5-3-4-15(10-17)12-20/h3-11H,1-2H3,(H2,21,22,23,24). The lowest BCUT2D eigenvalue weighted by Crippen LogP contribution is -2.01. The van der Waals surface area contributed by atoms with Gasteiger partial charge in [0.2, 0.25) is 0 Å². The first-order valence-electron chi connectivity index (χ1n) is 7.59. The van der Waals surface area contributed by atoms with Gasteiger partial charge in [-0.3, -0.25) is 0 Å². The van der Waals surface area contributed by atoms with Gasteiger partial charge in [-0.2, -0.15) is 5.26 Å². The van der Waals surface area contributed by atoms with Gasteiger partial charge in [0.15, 0.2) is 0 Å². The smallest absolute Gasteiger partial charge is 0.136 e. The van der Waals surface area contributed by atoms with E-state index in [0.29, 0.717) is 23.0 Å². The van der Waals surface area contributed by atoms with Gasteiger partial charge in [0.05, 0.1) is 11.6 Å². The Morgan fingerprint density at radius 3 is 2.17 bits per heavy atom. The highest BCUT2D eigenvalue weighted by molar-refractivity contribution is 5.64. The van der Waals surface area contributed by atoms with Crippen molar-refractivity contribution in [2.24, 2.45) is 0 Å². The molecule has 0 atom stereocenters. The third-order valence-corrected chi connectivity index (χ3v) is 3.43. The summed E-state index contributed by atoms with van der Waals surface area (Å²) in [7, 11) is 0. The third-order valence-electron chi connectivity index (χ3n) is 3.43. The monoisotopic (exact) mass is 315 g/mol. The Balaban J connectivity index is 1.83. The lowest BCUT2D eigenvalue weighted by molar-refractivity contribution is 1.06. The molecule has 3 aromatic rings. The number of nitrogens with zero attached hydrogens (tertiary/aromatic N) is 3. The van der Waals surface area contributed by atoms with Crippen LogP contribution in [0, 0.1) is 25.2 Å². The van der Waals surface area contributed by atoms with Crippen LogP contribution in [-0.2, 0) is 0 Å². The number of rotatable bonds is 4. The number of nitriles is 1. The molecule has 0 radical (unpaired) electrons. The van der Waals surface area contributed by atoms with E-state index in [4.69, 9.17) is 5.26 Å². The predicted octanol–water partition coefficient (Wildman–Crippen LogP) is 4.45. The van der Waals surface area contributed by atoms with Crippen molar-refractivity contribution in [3.63, 3.8) is 0 Å². The molecule has 1 aromatic heterocycles. The van der Waals surface area contributed by atoms with Gasteiger partial charge in [-0.05, 0) is 44.2 Å². The Morgan fingerprint density at radius 2 is 1.50 bits per heavy atom. The Bertz CT molecular complexity index is 894. The molecule has 0 fully saturated rings. The van der Waals surface area contributed by atoms with E-state index in [1.807, 2.05) is 49.4 Å². The highest BCUT2D eigenvalue weighted by Crippen LogP contribution is 2.21. The van der Waals surface area contributed by atoms with E-state index >= 15 is 0 Å². The van der Waals surface area contributed by atoms with Crippen LogP contribution in [0.3, 0.4) is 0 Å². The average Bonchev–Trinajstić information content (AvgIpc) is 2.56. The largest absolute Gasteiger partial charge is 0.340 e. The number of anilines is 4. The lowest BCUT2D eigenvalue weighted by Gasteiger charge is -2.10. The second kappa shape index (κ2) is 6.80. The summed E-state index contributed by atoms with van der Waals surface area (Å²) < 4.78 is 0. The van der Waals surface area contributed by atoms with Crippen molar-refractivity contribution >= 4 is 23.0 Å². The zero-order chi connectivity index (χ0) is 16.9. The first kappa shape index (κ1) is 15.5. The number of aryl methyl sites for hydroxylation is 2. The summed E-state index contributed by atoms with van der Waals surface area (Å²) in [5, 5.41) is 15.5. The second-order valence-corrected chi connectivity index (χ2v) is 5.49. The lowest BCUT2D eigenvalue weighted by atomic mass is 10.2.